The Kier molecular flexibility index (Phi) is 5.75. The molecule has 2 heterocycles. The zero-order valence-electron chi connectivity index (χ0n) is 13.3. The fraction of sp³-hybridized carbons (Fsp3) is 0.235. The van der Waals surface area contributed by atoms with Crippen molar-refractivity contribution in [3.8, 4) is 11.1 Å². The summed E-state index contributed by atoms with van der Waals surface area (Å²) in [5.74, 6) is -0.145. The van der Waals surface area contributed by atoms with Crippen LogP contribution in [-0.2, 0) is 4.79 Å². The van der Waals surface area contributed by atoms with Crippen LogP contribution < -0.4 is 17.7 Å². The van der Waals surface area contributed by atoms with Gasteiger partial charge in [-0.05, 0) is 30.5 Å². The van der Waals surface area contributed by atoms with Crippen LogP contribution in [0.4, 0.5) is 5.82 Å². The lowest BCUT2D eigenvalue weighted by atomic mass is 10.0. The molecule has 1 aromatic carbocycles. The van der Waals surface area contributed by atoms with Gasteiger partial charge in [-0.1, -0.05) is 18.2 Å². The Morgan fingerprint density at radius 3 is 2.75 bits per heavy atom. The number of nitrogens with zero attached hydrogens (tertiary/aromatic N) is 2. The van der Waals surface area contributed by atoms with Gasteiger partial charge in [0.2, 0.25) is 0 Å². The van der Waals surface area contributed by atoms with Gasteiger partial charge in [-0.25, -0.2) is 9.97 Å². The summed E-state index contributed by atoms with van der Waals surface area (Å²) in [5.41, 5.74) is 4.69. The van der Waals surface area contributed by atoms with Gasteiger partial charge in [0.1, 0.15) is 17.0 Å². The van der Waals surface area contributed by atoms with Crippen LogP contribution in [0.2, 0.25) is 0 Å². The molecule has 126 valence electrons. The minimum atomic E-state index is -0.831. The molecule has 2 aromatic heterocycles. The third kappa shape index (κ3) is 3.66. The summed E-state index contributed by atoms with van der Waals surface area (Å²) in [6.45, 7) is 4.52. The minimum absolute atomic E-state index is 0. The number of carboxylic acids is 1. The van der Waals surface area contributed by atoms with E-state index in [0.29, 0.717) is 12.4 Å². The highest BCUT2D eigenvalue weighted by molar-refractivity contribution is 7.17. The van der Waals surface area contributed by atoms with Gasteiger partial charge in [0.15, 0.2) is 0 Å². The Morgan fingerprint density at radius 1 is 1.25 bits per heavy atom. The van der Waals surface area contributed by atoms with E-state index < -0.39 is 5.97 Å². The number of nitrogens with one attached hydrogen (secondary N) is 1. The maximum atomic E-state index is 10.7. The lowest BCUT2D eigenvalue weighted by Crippen LogP contribution is -3.00. The Bertz CT molecular complexity index is 879. The summed E-state index contributed by atoms with van der Waals surface area (Å²) in [7, 11) is 0. The molecule has 3 rings (SSSR count). The number of aliphatic carboxylic acids is 1. The number of aromatic nitrogens is 2. The molecule has 0 aliphatic rings. The highest BCUT2D eigenvalue weighted by Gasteiger charge is 2.13. The van der Waals surface area contributed by atoms with Gasteiger partial charge >= 0.3 is 5.97 Å². The van der Waals surface area contributed by atoms with Crippen LogP contribution in [0.1, 0.15) is 17.5 Å². The number of hydrogen-bond acceptors (Lipinski definition) is 5. The molecule has 24 heavy (non-hydrogen) atoms. The fourth-order valence-electron chi connectivity index (χ4n) is 2.42. The number of halogens is 1. The summed E-state index contributed by atoms with van der Waals surface area (Å²) >= 11 is 1.57. The van der Waals surface area contributed by atoms with Gasteiger partial charge in [0.05, 0.1) is 11.8 Å². The third-order valence-corrected chi connectivity index (χ3v) is 4.71. The van der Waals surface area contributed by atoms with Gasteiger partial charge in [-0.3, -0.25) is 4.79 Å². The molecule has 7 heteroatoms. The van der Waals surface area contributed by atoms with Crippen molar-refractivity contribution in [2.24, 2.45) is 0 Å². The Balaban J connectivity index is 0.00000208. The lowest BCUT2D eigenvalue weighted by Gasteiger charge is -2.08. The Labute approximate surface area is 150 Å². The number of aryl methyl sites for hydroxylation is 2. The van der Waals surface area contributed by atoms with Crippen LogP contribution in [0.25, 0.3) is 21.3 Å². The highest BCUT2D eigenvalue weighted by atomic mass is 35.5. The maximum Gasteiger partial charge on any atom is 0.305 e. The van der Waals surface area contributed by atoms with Crippen molar-refractivity contribution in [3.05, 3.63) is 41.0 Å². The third-order valence-electron chi connectivity index (χ3n) is 3.82. The van der Waals surface area contributed by atoms with E-state index in [0.717, 1.165) is 21.3 Å². The van der Waals surface area contributed by atoms with Crippen molar-refractivity contribution in [1.29, 1.82) is 0 Å². The smallest absolute Gasteiger partial charge is 0.305 e. The van der Waals surface area contributed by atoms with E-state index in [1.54, 1.807) is 11.3 Å². The molecule has 0 atom stereocenters. The summed E-state index contributed by atoms with van der Waals surface area (Å²) in [6.07, 6.45) is 1.56. The van der Waals surface area contributed by atoms with E-state index in [9.17, 15) is 4.79 Å². The van der Waals surface area contributed by atoms with Crippen molar-refractivity contribution in [1.82, 2.24) is 9.97 Å². The van der Waals surface area contributed by atoms with Gasteiger partial charge < -0.3 is 22.8 Å². The number of carbonyl (C=O) groups is 1. The molecule has 0 saturated carbocycles. The van der Waals surface area contributed by atoms with E-state index in [4.69, 9.17) is 5.11 Å². The van der Waals surface area contributed by atoms with Crippen LogP contribution in [-0.4, -0.2) is 27.6 Å². The normalized spacial score (nSPS) is 10.4. The largest absolute Gasteiger partial charge is 1.00 e. The number of rotatable bonds is 5. The molecule has 0 amide bonds. The molecule has 0 spiro atoms. The van der Waals surface area contributed by atoms with Gasteiger partial charge in [-0.2, -0.15) is 0 Å². The summed E-state index contributed by atoms with van der Waals surface area (Å²) in [4.78, 5) is 20.2. The molecule has 0 aliphatic heterocycles. The number of hydrogen-bond donors (Lipinski definition) is 2. The first-order valence-electron chi connectivity index (χ1n) is 7.31. The number of carboxylic acid groups (broad SMARTS) is 1. The molecular weight excluding hydrogens is 346 g/mol. The molecule has 2 N–H and O–H groups in total. The summed E-state index contributed by atoms with van der Waals surface area (Å²) in [6, 6.07) is 6.36. The van der Waals surface area contributed by atoms with Crippen LogP contribution >= 0.6 is 11.3 Å². The van der Waals surface area contributed by atoms with Gasteiger partial charge in [0.25, 0.3) is 0 Å². The number of thiophene rings is 1. The SMILES string of the molecule is Cc1ccc(-c2csc3ncnc(NCCC(=O)O)c23)cc1C.[Cl-]. The van der Waals surface area contributed by atoms with Gasteiger partial charge in [0, 0.05) is 17.5 Å². The molecule has 0 fully saturated rings. The van der Waals surface area contributed by atoms with Crippen molar-refractivity contribution >= 4 is 33.3 Å². The number of fused-ring (bicyclic) bond motifs is 1. The highest BCUT2D eigenvalue weighted by Crippen LogP contribution is 2.36. The topological polar surface area (TPSA) is 75.1 Å². The minimum Gasteiger partial charge on any atom is -1.00 e. The average Bonchev–Trinajstić information content (AvgIpc) is 2.94. The molecule has 0 unspecified atom stereocenters. The molecular formula is C17H17ClN3O2S-. The average molecular weight is 363 g/mol. The molecule has 0 radical (unpaired) electrons. The summed E-state index contributed by atoms with van der Waals surface area (Å²) in [5, 5.41) is 14.9. The van der Waals surface area contributed by atoms with Gasteiger partial charge in [-0.15, -0.1) is 11.3 Å². The maximum absolute atomic E-state index is 10.7. The Morgan fingerprint density at radius 2 is 2.04 bits per heavy atom. The lowest BCUT2D eigenvalue weighted by molar-refractivity contribution is -0.136. The first-order valence-corrected chi connectivity index (χ1v) is 8.19. The zero-order chi connectivity index (χ0) is 16.4. The van der Waals surface area contributed by atoms with Crippen molar-refractivity contribution < 1.29 is 22.3 Å². The molecule has 0 bridgehead atoms. The second kappa shape index (κ2) is 7.59. The van der Waals surface area contributed by atoms with E-state index >= 15 is 0 Å². The predicted molar refractivity (Wildman–Crippen MR) is 93.1 cm³/mol. The second-order valence-electron chi connectivity index (χ2n) is 5.42. The molecule has 0 aliphatic carbocycles. The van der Waals surface area contributed by atoms with E-state index in [-0.39, 0.29) is 18.8 Å². The van der Waals surface area contributed by atoms with Crippen molar-refractivity contribution in [2.75, 3.05) is 11.9 Å². The number of benzene rings is 1. The molecule has 0 saturated heterocycles. The molecule has 5 nitrogen and oxygen atoms in total. The quantitative estimate of drug-likeness (QED) is 0.704. The Hall–Kier alpha value is -2.18. The van der Waals surface area contributed by atoms with E-state index in [1.165, 1.54) is 17.5 Å². The van der Waals surface area contributed by atoms with E-state index in [1.807, 2.05) is 0 Å². The summed E-state index contributed by atoms with van der Waals surface area (Å²) < 4.78 is 0. The van der Waals surface area contributed by atoms with Crippen LogP contribution in [0.15, 0.2) is 29.9 Å². The monoisotopic (exact) mass is 362 g/mol. The predicted octanol–water partition coefficient (Wildman–Crippen LogP) is 0.866. The number of anilines is 1. The molecule has 3 aromatic rings. The zero-order valence-corrected chi connectivity index (χ0v) is 14.9. The fourth-order valence-corrected chi connectivity index (χ4v) is 3.33. The first-order chi connectivity index (χ1) is 11.1. The second-order valence-corrected chi connectivity index (χ2v) is 6.28. The van der Waals surface area contributed by atoms with Crippen molar-refractivity contribution in [2.45, 2.75) is 20.3 Å². The first kappa shape index (κ1) is 18.2. The standard InChI is InChI=1S/C17H17N3O2S.ClH/c1-10-3-4-12(7-11(10)2)13-8-23-17-15(13)16(19-9-20-17)18-6-5-14(21)22;/h3-4,7-9H,5-6H2,1-2H3,(H,21,22)(H,18,19,20);1H/p-1. The van der Waals surface area contributed by atoms with E-state index in [2.05, 4.69) is 52.7 Å². The van der Waals surface area contributed by atoms with Crippen LogP contribution in [0, 0.1) is 13.8 Å². The van der Waals surface area contributed by atoms with Crippen LogP contribution in [0.5, 0.6) is 0 Å². The van der Waals surface area contributed by atoms with Crippen LogP contribution in [0.3, 0.4) is 0 Å². The van der Waals surface area contributed by atoms with Crippen molar-refractivity contribution in [3.63, 3.8) is 0 Å².